The van der Waals surface area contributed by atoms with Crippen molar-refractivity contribution in [3.8, 4) is 0 Å². The van der Waals surface area contributed by atoms with Crippen LogP contribution in [0.3, 0.4) is 0 Å². The molecular weight excluding hydrogens is 432 g/mol. The quantitative estimate of drug-likeness (QED) is 0.310. The van der Waals surface area contributed by atoms with Crippen LogP contribution in [0.2, 0.25) is 0 Å². The van der Waals surface area contributed by atoms with Gasteiger partial charge < -0.3 is 4.90 Å². The minimum Gasteiger partial charge on any atom is -0.337 e. The van der Waals surface area contributed by atoms with Crippen LogP contribution in [0.25, 0.3) is 5.57 Å². The van der Waals surface area contributed by atoms with Crippen molar-refractivity contribution in [2.75, 3.05) is 16.3 Å². The van der Waals surface area contributed by atoms with E-state index < -0.39 is 28.4 Å². The van der Waals surface area contributed by atoms with Crippen molar-refractivity contribution in [2.24, 2.45) is 0 Å². The molecule has 2 amide bonds. The van der Waals surface area contributed by atoms with Gasteiger partial charge >= 0.3 is 0 Å². The van der Waals surface area contributed by atoms with Crippen LogP contribution in [-0.2, 0) is 9.59 Å². The number of carbonyl (C=O) groups excluding carboxylic acids is 2. The number of carbonyl (C=O) groups is 2. The van der Waals surface area contributed by atoms with Gasteiger partial charge in [0.25, 0.3) is 17.5 Å². The summed E-state index contributed by atoms with van der Waals surface area (Å²) in [4.78, 5) is 39.7. The molecule has 0 radical (unpaired) electrons. The van der Waals surface area contributed by atoms with Crippen molar-refractivity contribution in [1.29, 1.82) is 0 Å². The highest BCUT2D eigenvalue weighted by atomic mass is 19.1. The number of nitrogens with zero attached hydrogens (tertiary/aromatic N) is 3. The summed E-state index contributed by atoms with van der Waals surface area (Å²) < 4.78 is 28.0. The lowest BCUT2D eigenvalue weighted by molar-refractivity contribution is -0.384. The molecule has 3 aromatic carbocycles. The predicted octanol–water partition coefficient (Wildman–Crippen LogP) is 4.68. The molecule has 166 valence electrons. The van der Waals surface area contributed by atoms with Gasteiger partial charge in [0.1, 0.15) is 17.3 Å². The monoisotopic (exact) mass is 449 g/mol. The van der Waals surface area contributed by atoms with E-state index in [2.05, 4.69) is 0 Å². The molecule has 0 spiro atoms. The molecule has 7 nitrogen and oxygen atoms in total. The first-order valence-corrected chi connectivity index (χ1v) is 9.99. The fourth-order valence-corrected chi connectivity index (χ4v) is 3.74. The van der Waals surface area contributed by atoms with Crippen LogP contribution < -0.4 is 9.80 Å². The van der Waals surface area contributed by atoms with Crippen molar-refractivity contribution in [3.05, 3.63) is 106 Å². The van der Waals surface area contributed by atoms with Crippen molar-refractivity contribution in [3.63, 3.8) is 0 Å². The number of hydrogen-bond acceptors (Lipinski definition) is 5. The van der Waals surface area contributed by atoms with Gasteiger partial charge in [0, 0.05) is 30.4 Å². The van der Waals surface area contributed by atoms with Gasteiger partial charge in [0.05, 0.1) is 16.2 Å². The van der Waals surface area contributed by atoms with Gasteiger partial charge in [0.2, 0.25) is 0 Å². The van der Waals surface area contributed by atoms with Gasteiger partial charge in [-0.1, -0.05) is 18.2 Å². The summed E-state index contributed by atoms with van der Waals surface area (Å²) in [6.07, 6.45) is 0. The van der Waals surface area contributed by atoms with Gasteiger partial charge in [-0.3, -0.25) is 19.7 Å². The van der Waals surface area contributed by atoms with E-state index in [1.165, 1.54) is 24.3 Å². The Morgan fingerprint density at radius 3 is 2.18 bits per heavy atom. The second kappa shape index (κ2) is 8.62. The number of halogens is 2. The van der Waals surface area contributed by atoms with E-state index in [1.54, 1.807) is 42.2 Å². The number of likely N-dealkylation sites (N-methyl/N-ethyl adjacent to an activating group) is 1. The first-order chi connectivity index (χ1) is 15.8. The highest BCUT2D eigenvalue weighted by Crippen LogP contribution is 2.38. The molecule has 33 heavy (non-hydrogen) atoms. The Labute approximate surface area is 187 Å². The smallest absolute Gasteiger partial charge is 0.282 e. The Morgan fingerprint density at radius 1 is 0.939 bits per heavy atom. The van der Waals surface area contributed by atoms with Crippen molar-refractivity contribution < 1.29 is 23.3 Å². The average molecular weight is 449 g/mol. The lowest BCUT2D eigenvalue weighted by Crippen LogP contribution is -2.36. The zero-order valence-corrected chi connectivity index (χ0v) is 17.4. The molecular formula is C24H17F2N3O4. The first kappa shape index (κ1) is 21.8. The van der Waals surface area contributed by atoms with Crippen LogP contribution in [0.1, 0.15) is 12.5 Å². The van der Waals surface area contributed by atoms with E-state index in [-0.39, 0.29) is 28.2 Å². The molecule has 0 fully saturated rings. The fraction of sp³-hybridized carbons (Fsp3) is 0.0833. The van der Waals surface area contributed by atoms with E-state index in [1.807, 2.05) is 0 Å². The van der Waals surface area contributed by atoms with Crippen molar-refractivity contribution >= 4 is 34.4 Å². The number of amides is 2. The van der Waals surface area contributed by atoms with E-state index in [0.717, 1.165) is 12.1 Å². The summed E-state index contributed by atoms with van der Waals surface area (Å²) in [5.74, 6) is -3.52. The van der Waals surface area contributed by atoms with E-state index in [9.17, 15) is 28.5 Å². The third-order valence-electron chi connectivity index (χ3n) is 5.23. The molecule has 0 bridgehead atoms. The molecule has 4 rings (SSSR count). The van der Waals surface area contributed by atoms with Crippen LogP contribution in [0.5, 0.6) is 0 Å². The molecule has 1 heterocycles. The summed E-state index contributed by atoms with van der Waals surface area (Å²) in [6.45, 7) is 2.08. The number of para-hydroxylation sites is 1. The van der Waals surface area contributed by atoms with Gasteiger partial charge in [-0.05, 0) is 48.9 Å². The van der Waals surface area contributed by atoms with Gasteiger partial charge in [-0.15, -0.1) is 0 Å². The molecule has 3 aromatic rings. The number of hydrogen-bond donors (Lipinski definition) is 0. The van der Waals surface area contributed by atoms with E-state index in [0.29, 0.717) is 23.2 Å². The molecule has 0 aliphatic carbocycles. The molecule has 1 aliphatic rings. The Hall–Kier alpha value is -4.40. The third kappa shape index (κ3) is 3.84. The fourth-order valence-electron chi connectivity index (χ4n) is 3.74. The summed E-state index contributed by atoms with van der Waals surface area (Å²) >= 11 is 0. The normalized spacial score (nSPS) is 13.6. The highest BCUT2D eigenvalue weighted by molar-refractivity contribution is 6.46. The topological polar surface area (TPSA) is 83.8 Å². The van der Waals surface area contributed by atoms with Gasteiger partial charge in [-0.25, -0.2) is 13.7 Å². The predicted molar refractivity (Wildman–Crippen MR) is 118 cm³/mol. The molecule has 0 atom stereocenters. The molecule has 0 aromatic heterocycles. The highest BCUT2D eigenvalue weighted by Gasteiger charge is 2.43. The standard InChI is InChI=1S/C24H17F2N3O4/c1-2-27(17-6-4-3-5-7-17)22-21(15-8-11-18(12-9-15)29(32)33)23(30)28(24(22)31)20-13-10-16(25)14-19(20)26/h3-14H,2H2,1H3. The Morgan fingerprint density at radius 2 is 1.61 bits per heavy atom. The Bertz CT molecular complexity index is 1290. The van der Waals surface area contributed by atoms with Crippen molar-refractivity contribution in [1.82, 2.24) is 0 Å². The number of benzene rings is 3. The summed E-state index contributed by atoms with van der Waals surface area (Å²) in [5, 5.41) is 11.0. The maximum atomic E-state index is 14.6. The second-order valence-electron chi connectivity index (χ2n) is 7.15. The molecule has 0 N–H and O–H groups in total. The van der Waals surface area contributed by atoms with Gasteiger partial charge in [-0.2, -0.15) is 0 Å². The lowest BCUT2D eigenvalue weighted by Gasteiger charge is -2.25. The van der Waals surface area contributed by atoms with E-state index >= 15 is 0 Å². The summed E-state index contributed by atoms with van der Waals surface area (Å²) in [6, 6.07) is 16.6. The van der Waals surface area contributed by atoms with E-state index in [4.69, 9.17) is 0 Å². The number of nitro groups is 1. The lowest BCUT2D eigenvalue weighted by atomic mass is 10.0. The molecule has 1 aliphatic heterocycles. The van der Waals surface area contributed by atoms with Crippen LogP contribution in [-0.4, -0.2) is 23.3 Å². The van der Waals surface area contributed by atoms with Crippen LogP contribution >= 0.6 is 0 Å². The maximum Gasteiger partial charge on any atom is 0.282 e. The van der Waals surface area contributed by atoms with Crippen molar-refractivity contribution in [2.45, 2.75) is 6.92 Å². The maximum absolute atomic E-state index is 14.6. The van der Waals surface area contributed by atoms with Crippen LogP contribution in [0.4, 0.5) is 25.8 Å². The Kier molecular flexibility index (Phi) is 5.70. The second-order valence-corrected chi connectivity index (χ2v) is 7.15. The number of anilines is 2. The summed E-state index contributed by atoms with van der Waals surface area (Å²) in [5.41, 5.74) is 0.264. The zero-order valence-electron chi connectivity index (χ0n) is 17.4. The molecule has 0 saturated heterocycles. The summed E-state index contributed by atoms with van der Waals surface area (Å²) in [7, 11) is 0. The third-order valence-corrected chi connectivity index (χ3v) is 5.23. The number of imide groups is 1. The molecule has 0 saturated carbocycles. The minimum atomic E-state index is -1.07. The first-order valence-electron chi connectivity index (χ1n) is 9.99. The largest absolute Gasteiger partial charge is 0.337 e. The average Bonchev–Trinajstić information content (AvgIpc) is 3.05. The number of non-ortho nitro benzene ring substituents is 1. The number of nitro benzene ring substituents is 1. The zero-order chi connectivity index (χ0) is 23.7. The SMILES string of the molecule is CCN(C1=C(c2ccc([N+](=O)[O-])cc2)C(=O)N(c2ccc(F)cc2F)C1=O)c1ccccc1. The number of rotatable bonds is 6. The Balaban J connectivity index is 1.91. The van der Waals surface area contributed by atoms with Crippen LogP contribution in [0.15, 0.2) is 78.5 Å². The minimum absolute atomic E-state index is 0.00808. The van der Waals surface area contributed by atoms with Gasteiger partial charge in [0.15, 0.2) is 0 Å². The molecule has 9 heteroatoms. The van der Waals surface area contributed by atoms with Crippen LogP contribution in [0, 0.1) is 21.7 Å². The molecule has 0 unspecified atom stereocenters.